The smallest absolute Gasteiger partial charge is 0.250 e. The standard InChI is InChI=1S/C9H16N2O3S2/c1-8(12)7-10-4-5-11-16(13,14)9-3-2-6-15-9/h2-3,6,8,10-12H,4-5,7H2,1H3. The number of aliphatic hydroxyl groups excluding tert-OH is 1. The molecule has 92 valence electrons. The molecular weight excluding hydrogens is 248 g/mol. The third-order valence-electron chi connectivity index (χ3n) is 1.79. The van der Waals surface area contributed by atoms with E-state index in [1.807, 2.05) is 0 Å². The third kappa shape index (κ3) is 4.58. The van der Waals surface area contributed by atoms with Gasteiger partial charge in [0.25, 0.3) is 0 Å². The Morgan fingerprint density at radius 2 is 2.25 bits per heavy atom. The van der Waals surface area contributed by atoms with Crippen LogP contribution < -0.4 is 10.0 Å². The Labute approximate surface area is 99.6 Å². The normalized spacial score (nSPS) is 13.9. The van der Waals surface area contributed by atoms with E-state index in [1.165, 1.54) is 11.3 Å². The number of aliphatic hydroxyl groups is 1. The monoisotopic (exact) mass is 264 g/mol. The molecule has 0 aliphatic rings. The second kappa shape index (κ2) is 6.31. The predicted octanol–water partition coefficient (Wildman–Crippen LogP) is -0.00320. The number of nitrogens with one attached hydrogen (secondary N) is 2. The average Bonchev–Trinajstić information content (AvgIpc) is 2.69. The van der Waals surface area contributed by atoms with Gasteiger partial charge in [-0.05, 0) is 18.4 Å². The number of hydrogen-bond donors (Lipinski definition) is 3. The molecule has 0 radical (unpaired) electrons. The summed E-state index contributed by atoms with van der Waals surface area (Å²) >= 11 is 1.19. The molecule has 0 fully saturated rings. The van der Waals surface area contributed by atoms with Gasteiger partial charge in [0, 0.05) is 19.6 Å². The van der Waals surface area contributed by atoms with Crippen molar-refractivity contribution in [2.24, 2.45) is 0 Å². The number of sulfonamides is 1. The van der Waals surface area contributed by atoms with Gasteiger partial charge in [-0.15, -0.1) is 11.3 Å². The highest BCUT2D eigenvalue weighted by Gasteiger charge is 2.13. The van der Waals surface area contributed by atoms with Crippen LogP contribution in [0.4, 0.5) is 0 Å². The molecule has 0 bridgehead atoms. The van der Waals surface area contributed by atoms with Crippen LogP contribution in [0, 0.1) is 0 Å². The summed E-state index contributed by atoms with van der Waals surface area (Å²) in [5, 5.41) is 13.6. The van der Waals surface area contributed by atoms with E-state index < -0.39 is 16.1 Å². The maximum atomic E-state index is 11.6. The maximum Gasteiger partial charge on any atom is 0.250 e. The summed E-state index contributed by atoms with van der Waals surface area (Å²) in [7, 11) is -3.35. The molecule has 1 rings (SSSR count). The molecule has 7 heteroatoms. The van der Waals surface area contributed by atoms with E-state index in [0.717, 1.165) is 0 Å². The van der Waals surface area contributed by atoms with Crippen molar-refractivity contribution in [1.82, 2.24) is 10.0 Å². The predicted molar refractivity (Wildman–Crippen MR) is 64.1 cm³/mol. The highest BCUT2D eigenvalue weighted by molar-refractivity contribution is 7.91. The largest absolute Gasteiger partial charge is 0.392 e. The summed E-state index contributed by atoms with van der Waals surface area (Å²) in [5.41, 5.74) is 0. The molecule has 0 saturated heterocycles. The zero-order chi connectivity index (χ0) is 12.0. The Balaban J connectivity index is 2.28. The Kier molecular flexibility index (Phi) is 5.36. The fourth-order valence-corrected chi connectivity index (χ4v) is 3.14. The molecule has 3 N–H and O–H groups in total. The van der Waals surface area contributed by atoms with E-state index in [2.05, 4.69) is 10.0 Å². The van der Waals surface area contributed by atoms with Crippen LogP contribution in [-0.4, -0.2) is 39.3 Å². The minimum atomic E-state index is -3.35. The molecule has 1 unspecified atom stereocenters. The zero-order valence-corrected chi connectivity index (χ0v) is 10.6. The average molecular weight is 264 g/mol. The van der Waals surface area contributed by atoms with E-state index in [-0.39, 0.29) is 0 Å². The second-order valence-corrected chi connectivity index (χ2v) is 6.32. The molecule has 1 aromatic heterocycles. The SMILES string of the molecule is CC(O)CNCCNS(=O)(=O)c1cccs1. The van der Waals surface area contributed by atoms with Gasteiger partial charge in [-0.2, -0.15) is 0 Å². The molecule has 16 heavy (non-hydrogen) atoms. The minimum Gasteiger partial charge on any atom is -0.392 e. The Morgan fingerprint density at radius 1 is 1.50 bits per heavy atom. The molecular formula is C9H16N2O3S2. The molecule has 5 nitrogen and oxygen atoms in total. The lowest BCUT2D eigenvalue weighted by atomic mass is 10.4. The molecule has 1 aromatic rings. The van der Waals surface area contributed by atoms with Crippen molar-refractivity contribution in [2.45, 2.75) is 17.2 Å². The molecule has 0 amide bonds. The minimum absolute atomic E-state index is 0.312. The summed E-state index contributed by atoms with van der Waals surface area (Å²) in [5.74, 6) is 0. The van der Waals surface area contributed by atoms with E-state index in [9.17, 15) is 8.42 Å². The van der Waals surface area contributed by atoms with Gasteiger partial charge in [0.2, 0.25) is 10.0 Å². The van der Waals surface area contributed by atoms with Crippen molar-refractivity contribution in [3.8, 4) is 0 Å². The van der Waals surface area contributed by atoms with Crippen molar-refractivity contribution in [2.75, 3.05) is 19.6 Å². The number of rotatable bonds is 7. The number of thiophene rings is 1. The van der Waals surface area contributed by atoms with Crippen molar-refractivity contribution in [3.05, 3.63) is 17.5 Å². The van der Waals surface area contributed by atoms with E-state index in [4.69, 9.17) is 5.11 Å². The van der Waals surface area contributed by atoms with Gasteiger partial charge in [0.15, 0.2) is 0 Å². The van der Waals surface area contributed by atoms with Crippen molar-refractivity contribution in [1.29, 1.82) is 0 Å². The Hall–Kier alpha value is -0.470. The van der Waals surface area contributed by atoms with Crippen molar-refractivity contribution < 1.29 is 13.5 Å². The Bertz CT molecular complexity index is 387. The third-order valence-corrected chi connectivity index (χ3v) is 4.65. The lowest BCUT2D eigenvalue weighted by molar-refractivity contribution is 0.192. The van der Waals surface area contributed by atoms with Crippen LogP contribution in [0.3, 0.4) is 0 Å². The van der Waals surface area contributed by atoms with Crippen LogP contribution in [0.1, 0.15) is 6.92 Å². The van der Waals surface area contributed by atoms with Gasteiger partial charge >= 0.3 is 0 Å². The first kappa shape index (κ1) is 13.6. The van der Waals surface area contributed by atoms with E-state index >= 15 is 0 Å². The molecule has 0 aliphatic heterocycles. The lowest BCUT2D eigenvalue weighted by Gasteiger charge is -2.07. The molecule has 1 atom stereocenters. The van der Waals surface area contributed by atoms with Gasteiger partial charge in [-0.3, -0.25) is 0 Å². The summed E-state index contributed by atoms with van der Waals surface area (Å²) in [4.78, 5) is 0. The molecule has 0 spiro atoms. The highest BCUT2D eigenvalue weighted by Crippen LogP contribution is 2.14. The van der Waals surface area contributed by atoms with Crippen LogP contribution in [0.15, 0.2) is 21.7 Å². The van der Waals surface area contributed by atoms with Crippen LogP contribution in [0.5, 0.6) is 0 Å². The molecule has 1 heterocycles. The topological polar surface area (TPSA) is 78.4 Å². The van der Waals surface area contributed by atoms with E-state index in [1.54, 1.807) is 24.4 Å². The van der Waals surface area contributed by atoms with Crippen LogP contribution in [-0.2, 0) is 10.0 Å². The van der Waals surface area contributed by atoms with Gasteiger partial charge in [-0.25, -0.2) is 13.1 Å². The first-order chi connectivity index (χ1) is 7.52. The van der Waals surface area contributed by atoms with Gasteiger partial charge in [-0.1, -0.05) is 6.07 Å². The summed E-state index contributed by atoms with van der Waals surface area (Å²) < 4.78 is 26.0. The molecule has 0 aliphatic carbocycles. The quantitative estimate of drug-likeness (QED) is 0.606. The second-order valence-electron chi connectivity index (χ2n) is 3.38. The summed E-state index contributed by atoms with van der Waals surface area (Å²) in [6, 6.07) is 3.27. The van der Waals surface area contributed by atoms with Gasteiger partial charge in [0.05, 0.1) is 6.10 Å². The zero-order valence-electron chi connectivity index (χ0n) is 9.01. The molecule has 0 saturated carbocycles. The maximum absolute atomic E-state index is 11.6. The van der Waals surface area contributed by atoms with Crippen LogP contribution in [0.25, 0.3) is 0 Å². The molecule has 0 aromatic carbocycles. The fraction of sp³-hybridized carbons (Fsp3) is 0.556. The first-order valence-corrected chi connectivity index (χ1v) is 7.30. The summed E-state index contributed by atoms with van der Waals surface area (Å²) in [6.07, 6.45) is -0.422. The Morgan fingerprint density at radius 3 is 2.81 bits per heavy atom. The van der Waals surface area contributed by atoms with Crippen LogP contribution >= 0.6 is 11.3 Å². The highest BCUT2D eigenvalue weighted by atomic mass is 32.2. The fourth-order valence-electron chi connectivity index (χ4n) is 1.07. The van der Waals surface area contributed by atoms with Gasteiger partial charge < -0.3 is 10.4 Å². The summed E-state index contributed by atoms with van der Waals surface area (Å²) in [6.45, 7) is 2.94. The number of hydrogen-bond acceptors (Lipinski definition) is 5. The lowest BCUT2D eigenvalue weighted by Crippen LogP contribution is -2.34. The van der Waals surface area contributed by atoms with Crippen molar-refractivity contribution in [3.63, 3.8) is 0 Å². The first-order valence-electron chi connectivity index (χ1n) is 4.94. The van der Waals surface area contributed by atoms with Crippen LogP contribution in [0.2, 0.25) is 0 Å². The van der Waals surface area contributed by atoms with Crippen molar-refractivity contribution >= 4 is 21.4 Å². The van der Waals surface area contributed by atoms with Gasteiger partial charge in [0.1, 0.15) is 4.21 Å². The van der Waals surface area contributed by atoms with E-state index in [0.29, 0.717) is 23.8 Å².